The lowest BCUT2D eigenvalue weighted by Gasteiger charge is -2.45. The van der Waals surface area contributed by atoms with Crippen LogP contribution in [0.5, 0.6) is 0 Å². The summed E-state index contributed by atoms with van der Waals surface area (Å²) >= 11 is 0. The van der Waals surface area contributed by atoms with Gasteiger partial charge in [0.15, 0.2) is 0 Å². The molecule has 2 amide bonds. The van der Waals surface area contributed by atoms with E-state index in [1.165, 1.54) is 12.5 Å². The van der Waals surface area contributed by atoms with Crippen molar-refractivity contribution in [2.75, 3.05) is 0 Å². The van der Waals surface area contributed by atoms with Crippen molar-refractivity contribution in [3.05, 3.63) is 89.0 Å². The molecule has 3 aromatic rings. The molecule has 1 fully saturated rings. The number of likely N-dealkylation sites (tertiary alicyclic amines) is 1. The number of aromatic amines is 1. The molecule has 0 radical (unpaired) electrons. The van der Waals surface area contributed by atoms with Crippen LogP contribution in [0.2, 0.25) is 0 Å². The van der Waals surface area contributed by atoms with Crippen LogP contribution in [-0.4, -0.2) is 43.8 Å². The fourth-order valence-electron chi connectivity index (χ4n) is 5.90. The second-order valence-electron chi connectivity index (χ2n) is 8.45. The third-order valence-corrected chi connectivity index (χ3v) is 7.05. The van der Waals surface area contributed by atoms with Crippen molar-refractivity contribution in [2.24, 2.45) is 11.8 Å². The van der Waals surface area contributed by atoms with Gasteiger partial charge in [-0.05, 0) is 22.3 Å². The lowest BCUT2D eigenvalue weighted by molar-refractivity contribution is -0.155. The maximum Gasteiger partial charge on any atom is 0.327 e. The molecule has 2 aromatic carbocycles. The minimum absolute atomic E-state index is 0.00147. The number of imide groups is 1. The van der Waals surface area contributed by atoms with Gasteiger partial charge in [0.05, 0.1) is 18.2 Å². The van der Waals surface area contributed by atoms with E-state index in [0.717, 1.165) is 27.2 Å². The molecule has 0 saturated carbocycles. The van der Waals surface area contributed by atoms with Crippen LogP contribution in [0.15, 0.2) is 61.1 Å². The van der Waals surface area contributed by atoms with Gasteiger partial charge in [-0.25, -0.2) is 9.78 Å². The Morgan fingerprint density at radius 1 is 0.935 bits per heavy atom. The van der Waals surface area contributed by atoms with E-state index in [0.29, 0.717) is 5.69 Å². The van der Waals surface area contributed by atoms with Crippen molar-refractivity contribution in [3.8, 4) is 0 Å². The summed E-state index contributed by atoms with van der Waals surface area (Å²) in [7, 11) is 0. The van der Waals surface area contributed by atoms with Crippen LogP contribution in [0, 0.1) is 11.8 Å². The van der Waals surface area contributed by atoms with E-state index in [9.17, 15) is 19.5 Å². The predicted octanol–water partition coefficient (Wildman–Crippen LogP) is 2.30. The third-order valence-electron chi connectivity index (χ3n) is 7.05. The summed E-state index contributed by atoms with van der Waals surface area (Å²) in [5.41, 5.74) is 4.83. The Kier molecular flexibility index (Phi) is 3.72. The average Bonchev–Trinajstić information content (AvgIpc) is 3.39. The minimum Gasteiger partial charge on any atom is -0.480 e. The van der Waals surface area contributed by atoms with E-state index >= 15 is 0 Å². The molecular formula is C24H19N3O4. The number of carbonyl (C=O) groups is 3. The summed E-state index contributed by atoms with van der Waals surface area (Å²) in [6.07, 6.45) is 2.97. The highest BCUT2D eigenvalue weighted by Gasteiger charge is 2.63. The van der Waals surface area contributed by atoms with E-state index in [1.807, 2.05) is 48.5 Å². The Bertz CT molecular complexity index is 1120. The van der Waals surface area contributed by atoms with Gasteiger partial charge in [0.1, 0.15) is 6.04 Å². The summed E-state index contributed by atoms with van der Waals surface area (Å²) < 4.78 is 0. The monoisotopic (exact) mass is 413 g/mol. The molecule has 4 aliphatic rings. The number of rotatable bonds is 4. The molecule has 7 heteroatoms. The van der Waals surface area contributed by atoms with Crippen molar-refractivity contribution in [1.29, 1.82) is 0 Å². The average molecular weight is 413 g/mol. The highest BCUT2D eigenvalue weighted by atomic mass is 16.4. The number of amides is 2. The van der Waals surface area contributed by atoms with Crippen molar-refractivity contribution < 1.29 is 19.5 Å². The van der Waals surface area contributed by atoms with E-state index in [4.69, 9.17) is 0 Å². The SMILES string of the molecule is O=C(O)[C@@H](Cc1cnc[nH]1)N1C(=O)[C@@H]2C3c4ccccc4C(c4ccccc43)[C@@H]2C1=O. The molecule has 2 bridgehead atoms. The van der Waals surface area contributed by atoms with Crippen LogP contribution in [0.1, 0.15) is 39.8 Å². The summed E-state index contributed by atoms with van der Waals surface area (Å²) in [5.74, 6) is -3.62. The molecular weight excluding hydrogens is 394 g/mol. The number of hydrogen-bond acceptors (Lipinski definition) is 4. The maximum atomic E-state index is 13.6. The Balaban J connectivity index is 1.49. The first-order chi connectivity index (χ1) is 15.1. The number of aliphatic carboxylic acids is 1. The number of carbonyl (C=O) groups excluding carboxylic acids is 2. The quantitative estimate of drug-likeness (QED) is 0.639. The maximum absolute atomic E-state index is 13.6. The normalized spacial score (nSPS) is 26.4. The molecule has 31 heavy (non-hydrogen) atoms. The minimum atomic E-state index is -1.27. The highest BCUT2D eigenvalue weighted by molar-refractivity contribution is 6.10. The zero-order valence-electron chi connectivity index (χ0n) is 16.4. The highest BCUT2D eigenvalue weighted by Crippen LogP contribution is 2.61. The molecule has 154 valence electrons. The standard InChI is InChI=1S/C24H19N3O4/c28-22-20-18-13-5-1-2-6-14(13)19(16-8-4-3-7-15(16)18)21(20)23(29)27(22)17(24(30)31)9-12-10-25-11-26-12/h1-8,10-11,17-21H,9H2,(H,25,26)(H,30,31)/t17-,18?,19?,20-,21+/m1/s1. The van der Waals surface area contributed by atoms with Crippen molar-refractivity contribution >= 4 is 17.8 Å². The summed E-state index contributed by atoms with van der Waals surface area (Å²) in [6.45, 7) is 0. The van der Waals surface area contributed by atoms with E-state index in [2.05, 4.69) is 9.97 Å². The third kappa shape index (κ3) is 2.34. The van der Waals surface area contributed by atoms with Crippen molar-refractivity contribution in [1.82, 2.24) is 14.9 Å². The number of imidazole rings is 1. The molecule has 2 heterocycles. The first-order valence-corrected chi connectivity index (χ1v) is 10.3. The van der Waals surface area contributed by atoms with Gasteiger partial charge >= 0.3 is 5.97 Å². The molecule has 7 rings (SSSR count). The van der Waals surface area contributed by atoms with E-state index < -0.39 is 23.8 Å². The second kappa shape index (κ2) is 6.38. The summed E-state index contributed by atoms with van der Waals surface area (Å²) in [4.78, 5) is 47.3. The van der Waals surface area contributed by atoms with Crippen LogP contribution in [0.3, 0.4) is 0 Å². The number of hydrogen-bond donors (Lipinski definition) is 2. The lowest BCUT2D eigenvalue weighted by Crippen LogP contribution is -2.47. The van der Waals surface area contributed by atoms with Gasteiger partial charge < -0.3 is 10.1 Å². The number of benzene rings is 2. The van der Waals surface area contributed by atoms with Gasteiger partial charge in [0, 0.05) is 30.1 Å². The molecule has 1 saturated heterocycles. The fraction of sp³-hybridized carbons (Fsp3) is 0.250. The van der Waals surface area contributed by atoms with Crippen LogP contribution >= 0.6 is 0 Å². The smallest absolute Gasteiger partial charge is 0.327 e. The molecule has 1 aliphatic heterocycles. The van der Waals surface area contributed by atoms with Gasteiger partial charge in [-0.3, -0.25) is 14.5 Å². The zero-order chi connectivity index (χ0) is 21.3. The van der Waals surface area contributed by atoms with Gasteiger partial charge in [-0.2, -0.15) is 0 Å². The number of carboxylic acids is 1. The number of carboxylic acid groups (broad SMARTS) is 1. The lowest BCUT2D eigenvalue weighted by atomic mass is 9.55. The number of nitrogens with one attached hydrogen (secondary N) is 1. The van der Waals surface area contributed by atoms with Gasteiger partial charge in [0.25, 0.3) is 0 Å². The second-order valence-corrected chi connectivity index (χ2v) is 8.45. The molecule has 3 aliphatic carbocycles. The van der Waals surface area contributed by atoms with E-state index in [1.54, 1.807) is 0 Å². The Morgan fingerprint density at radius 2 is 1.42 bits per heavy atom. The number of H-pyrrole nitrogens is 1. The molecule has 0 unspecified atom stereocenters. The first kappa shape index (κ1) is 18.1. The van der Waals surface area contributed by atoms with Crippen molar-refractivity contribution in [2.45, 2.75) is 24.3 Å². The zero-order valence-corrected chi connectivity index (χ0v) is 16.4. The van der Waals surface area contributed by atoms with Crippen LogP contribution in [-0.2, 0) is 20.8 Å². The molecule has 2 N–H and O–H groups in total. The van der Waals surface area contributed by atoms with Gasteiger partial charge in [0.2, 0.25) is 11.8 Å². The molecule has 0 spiro atoms. The largest absolute Gasteiger partial charge is 0.480 e. The van der Waals surface area contributed by atoms with E-state index in [-0.39, 0.29) is 30.1 Å². The van der Waals surface area contributed by atoms with Crippen LogP contribution < -0.4 is 0 Å². The first-order valence-electron chi connectivity index (χ1n) is 10.3. The van der Waals surface area contributed by atoms with Crippen LogP contribution in [0.25, 0.3) is 0 Å². The summed E-state index contributed by atoms with van der Waals surface area (Å²) in [6, 6.07) is 14.7. The Labute approximate surface area is 177 Å². The van der Waals surface area contributed by atoms with Gasteiger partial charge in [-0.1, -0.05) is 48.5 Å². The topological polar surface area (TPSA) is 103 Å². The van der Waals surface area contributed by atoms with Gasteiger partial charge in [-0.15, -0.1) is 0 Å². The number of aromatic nitrogens is 2. The Morgan fingerprint density at radius 3 is 1.81 bits per heavy atom. The summed E-state index contributed by atoms with van der Waals surface area (Å²) in [5, 5.41) is 9.92. The molecule has 7 nitrogen and oxygen atoms in total. The van der Waals surface area contributed by atoms with Crippen molar-refractivity contribution in [3.63, 3.8) is 0 Å². The molecule has 3 atom stereocenters. The van der Waals surface area contributed by atoms with Crippen LogP contribution in [0.4, 0.5) is 0 Å². The fourth-order valence-corrected chi connectivity index (χ4v) is 5.90. The molecule has 1 aromatic heterocycles. The Hall–Kier alpha value is -3.74. The predicted molar refractivity (Wildman–Crippen MR) is 109 cm³/mol. The number of nitrogens with zero attached hydrogens (tertiary/aromatic N) is 2.